The van der Waals surface area contributed by atoms with E-state index in [4.69, 9.17) is 9.05 Å². The molecular weight excluding hydrogens is 479 g/mol. The van der Waals surface area contributed by atoms with Gasteiger partial charge in [-0.2, -0.15) is 0 Å². The number of hydrogen-bond acceptors (Lipinski definition) is 6. The Morgan fingerprint density at radius 1 is 0.944 bits per heavy atom. The standard InChI is InChI=1S/C27H53N2O6P/c1-6-8-10-12-13-14-15-17-18-20-26(30)25(28-27(31)21-19-16-11-9-7-2)24-35-36(32,33)34-23-22-29(3,4)5/h13-14,18,20,25-26,30H,6-12,15-17,19,21-24H2,1-5H3,(H-,28,31,32,33)/b14-13+,20-18+. The van der Waals surface area contributed by atoms with E-state index < -0.39 is 26.6 Å². The molecule has 1 amide bonds. The fraction of sp³-hybridized carbons (Fsp3) is 0.815. The molecule has 3 unspecified atom stereocenters. The molecular formula is C27H53N2O6P. The van der Waals surface area contributed by atoms with Crippen LogP contribution in [0.2, 0.25) is 0 Å². The van der Waals surface area contributed by atoms with Crippen molar-refractivity contribution >= 4 is 13.7 Å². The van der Waals surface area contributed by atoms with Gasteiger partial charge >= 0.3 is 0 Å². The number of rotatable bonds is 23. The quantitative estimate of drug-likeness (QED) is 0.0841. The lowest BCUT2D eigenvalue weighted by atomic mass is 10.1. The number of quaternary nitrogens is 1. The predicted molar refractivity (Wildman–Crippen MR) is 145 cm³/mol. The second-order valence-electron chi connectivity index (χ2n) is 10.4. The molecule has 0 saturated carbocycles. The van der Waals surface area contributed by atoms with Gasteiger partial charge in [-0.15, -0.1) is 0 Å². The number of unbranched alkanes of at least 4 members (excludes halogenated alkanes) is 8. The molecule has 0 aromatic rings. The maximum Gasteiger partial charge on any atom is 0.268 e. The van der Waals surface area contributed by atoms with Gasteiger partial charge in [-0.05, 0) is 32.1 Å². The normalized spacial score (nSPS) is 15.9. The number of carbonyl (C=O) groups excluding carboxylic acids is 1. The Labute approximate surface area is 220 Å². The number of nitrogens with one attached hydrogen (secondary N) is 1. The van der Waals surface area contributed by atoms with Gasteiger partial charge in [0.25, 0.3) is 7.82 Å². The summed E-state index contributed by atoms with van der Waals surface area (Å²) >= 11 is 0. The van der Waals surface area contributed by atoms with Gasteiger partial charge in [-0.1, -0.05) is 76.7 Å². The van der Waals surface area contributed by atoms with E-state index in [2.05, 4.69) is 31.3 Å². The number of aliphatic hydroxyl groups is 1. The zero-order valence-electron chi connectivity index (χ0n) is 23.5. The number of likely N-dealkylation sites (N-methyl/N-ethyl adjacent to an activating group) is 1. The number of phosphoric acid groups is 1. The van der Waals surface area contributed by atoms with Crippen molar-refractivity contribution in [2.75, 3.05) is 40.9 Å². The summed E-state index contributed by atoms with van der Waals surface area (Å²) in [6.45, 7) is 4.41. The Balaban J connectivity index is 4.80. The minimum Gasteiger partial charge on any atom is -0.756 e. The van der Waals surface area contributed by atoms with Gasteiger partial charge in [0.1, 0.15) is 13.2 Å². The van der Waals surface area contributed by atoms with E-state index in [-0.39, 0.29) is 12.5 Å². The summed E-state index contributed by atoms with van der Waals surface area (Å²) in [6.07, 6.45) is 18.4. The average molecular weight is 533 g/mol. The molecule has 0 heterocycles. The van der Waals surface area contributed by atoms with Gasteiger partial charge in [0.15, 0.2) is 0 Å². The van der Waals surface area contributed by atoms with Gasteiger partial charge in [-0.25, -0.2) is 0 Å². The van der Waals surface area contributed by atoms with Crippen LogP contribution in [0.5, 0.6) is 0 Å². The third-order valence-electron chi connectivity index (χ3n) is 5.66. The predicted octanol–water partition coefficient (Wildman–Crippen LogP) is 4.87. The highest BCUT2D eigenvalue weighted by molar-refractivity contribution is 7.45. The van der Waals surface area contributed by atoms with Crippen LogP contribution in [0.1, 0.15) is 90.9 Å². The van der Waals surface area contributed by atoms with Crippen molar-refractivity contribution in [3.8, 4) is 0 Å². The lowest BCUT2D eigenvalue weighted by Crippen LogP contribution is -2.45. The minimum atomic E-state index is -4.56. The highest BCUT2D eigenvalue weighted by Gasteiger charge is 2.23. The first kappa shape index (κ1) is 35.0. The largest absolute Gasteiger partial charge is 0.756 e. The summed E-state index contributed by atoms with van der Waals surface area (Å²) in [5.41, 5.74) is 0. The van der Waals surface area contributed by atoms with Crippen LogP contribution in [0.25, 0.3) is 0 Å². The first-order chi connectivity index (χ1) is 17.0. The molecule has 2 N–H and O–H groups in total. The van der Waals surface area contributed by atoms with Crippen LogP contribution in [-0.4, -0.2) is 68.5 Å². The molecule has 36 heavy (non-hydrogen) atoms. The van der Waals surface area contributed by atoms with Crippen LogP contribution in [0.3, 0.4) is 0 Å². The van der Waals surface area contributed by atoms with Crippen molar-refractivity contribution in [3.05, 3.63) is 24.3 Å². The molecule has 0 aliphatic heterocycles. The average Bonchev–Trinajstić information content (AvgIpc) is 2.79. The molecule has 0 aliphatic rings. The number of carbonyl (C=O) groups is 1. The SMILES string of the molecule is CCCCC/C=C/CC/C=C/C(O)C(COP(=O)([O-])OCC[N+](C)(C)C)NC(=O)CCCCCCC. The molecule has 0 spiro atoms. The highest BCUT2D eigenvalue weighted by atomic mass is 31.2. The smallest absolute Gasteiger partial charge is 0.268 e. The summed E-state index contributed by atoms with van der Waals surface area (Å²) in [4.78, 5) is 24.6. The van der Waals surface area contributed by atoms with Crippen LogP contribution < -0.4 is 10.2 Å². The molecule has 8 nitrogen and oxygen atoms in total. The molecule has 0 bridgehead atoms. The zero-order chi connectivity index (χ0) is 27.3. The lowest BCUT2D eigenvalue weighted by molar-refractivity contribution is -0.870. The molecule has 0 rings (SSSR count). The van der Waals surface area contributed by atoms with E-state index in [1.54, 1.807) is 6.08 Å². The summed E-state index contributed by atoms with van der Waals surface area (Å²) < 4.78 is 22.7. The van der Waals surface area contributed by atoms with Crippen molar-refractivity contribution < 1.29 is 32.9 Å². The Hall–Kier alpha value is -1.02. The Bertz CT molecular complexity index is 663. The maximum atomic E-state index is 12.4. The number of hydrogen-bond donors (Lipinski definition) is 2. The topological polar surface area (TPSA) is 108 Å². The Kier molecular flexibility index (Phi) is 20.4. The summed E-state index contributed by atoms with van der Waals surface area (Å²) in [5, 5.41) is 13.4. The first-order valence-electron chi connectivity index (χ1n) is 13.7. The van der Waals surface area contributed by atoms with Crippen molar-refractivity contribution in [2.45, 2.75) is 103 Å². The van der Waals surface area contributed by atoms with Crippen LogP contribution in [0, 0.1) is 0 Å². The van der Waals surface area contributed by atoms with Crippen LogP contribution in [0.4, 0.5) is 0 Å². The monoisotopic (exact) mass is 532 g/mol. The molecule has 0 radical (unpaired) electrons. The number of aliphatic hydroxyl groups excluding tert-OH is 1. The Morgan fingerprint density at radius 2 is 1.56 bits per heavy atom. The lowest BCUT2D eigenvalue weighted by Gasteiger charge is -2.29. The first-order valence-corrected chi connectivity index (χ1v) is 15.2. The number of amides is 1. The van der Waals surface area contributed by atoms with Crippen molar-refractivity contribution in [1.29, 1.82) is 0 Å². The van der Waals surface area contributed by atoms with Gasteiger partial charge in [0, 0.05) is 6.42 Å². The third-order valence-corrected chi connectivity index (χ3v) is 6.63. The van der Waals surface area contributed by atoms with Crippen molar-refractivity contribution in [2.24, 2.45) is 0 Å². The summed E-state index contributed by atoms with van der Waals surface area (Å²) in [6, 6.07) is -0.891. The van der Waals surface area contributed by atoms with Gasteiger partial charge in [-0.3, -0.25) is 9.36 Å². The van der Waals surface area contributed by atoms with Gasteiger partial charge in [0.05, 0.1) is 39.9 Å². The van der Waals surface area contributed by atoms with Gasteiger partial charge < -0.3 is 28.8 Å². The number of phosphoric ester groups is 1. The number of allylic oxidation sites excluding steroid dienone is 3. The summed E-state index contributed by atoms with van der Waals surface area (Å²) in [5.74, 6) is -0.228. The van der Waals surface area contributed by atoms with E-state index in [0.717, 1.165) is 51.4 Å². The van der Waals surface area contributed by atoms with Crippen LogP contribution >= 0.6 is 7.82 Å². The van der Waals surface area contributed by atoms with E-state index in [1.165, 1.54) is 19.3 Å². The molecule has 0 fully saturated rings. The van der Waals surface area contributed by atoms with Crippen molar-refractivity contribution in [1.82, 2.24) is 5.32 Å². The fourth-order valence-electron chi connectivity index (χ4n) is 3.34. The Morgan fingerprint density at radius 3 is 2.22 bits per heavy atom. The molecule has 212 valence electrons. The fourth-order valence-corrected chi connectivity index (χ4v) is 4.06. The second kappa shape index (κ2) is 21.0. The van der Waals surface area contributed by atoms with E-state index in [1.807, 2.05) is 27.2 Å². The molecule has 0 aliphatic carbocycles. The number of nitrogens with zero attached hydrogens (tertiary/aromatic N) is 1. The van der Waals surface area contributed by atoms with Crippen molar-refractivity contribution in [3.63, 3.8) is 0 Å². The van der Waals surface area contributed by atoms with Gasteiger partial charge in [0.2, 0.25) is 5.91 Å². The molecule has 0 aromatic carbocycles. The summed E-state index contributed by atoms with van der Waals surface area (Å²) in [7, 11) is 1.23. The highest BCUT2D eigenvalue weighted by Crippen LogP contribution is 2.38. The maximum absolute atomic E-state index is 12.4. The van der Waals surface area contributed by atoms with Crippen LogP contribution in [-0.2, 0) is 18.4 Å². The molecule has 3 atom stereocenters. The molecule has 9 heteroatoms. The van der Waals surface area contributed by atoms with E-state index in [9.17, 15) is 19.4 Å². The van der Waals surface area contributed by atoms with Crippen LogP contribution in [0.15, 0.2) is 24.3 Å². The molecule has 0 aromatic heterocycles. The molecule has 0 saturated heterocycles. The van der Waals surface area contributed by atoms with E-state index >= 15 is 0 Å². The second-order valence-corrected chi connectivity index (χ2v) is 11.8. The third kappa shape index (κ3) is 22.2. The minimum absolute atomic E-state index is 0.00647. The van der Waals surface area contributed by atoms with E-state index in [0.29, 0.717) is 17.4 Å². The zero-order valence-corrected chi connectivity index (χ0v) is 24.3.